The zero-order valence-corrected chi connectivity index (χ0v) is 17.4. The average molecular weight is 445 g/mol. The minimum atomic E-state index is -2.66. The molecular weight excluding hydrogens is 424 g/mol. The zero-order chi connectivity index (χ0) is 22.0. The van der Waals surface area contributed by atoms with Gasteiger partial charge in [0.05, 0.1) is 22.4 Å². The molecule has 2 heterocycles. The van der Waals surface area contributed by atoms with Crippen LogP contribution in [0.4, 0.5) is 20.2 Å². The number of nitrogens with two attached hydrogens (primary N) is 1. The molecule has 2 aromatic carbocycles. The number of primary amides is 1. The first-order chi connectivity index (χ1) is 14.9. The van der Waals surface area contributed by atoms with Crippen molar-refractivity contribution in [3.05, 3.63) is 48.0 Å². The van der Waals surface area contributed by atoms with Crippen molar-refractivity contribution in [2.24, 2.45) is 5.73 Å². The highest BCUT2D eigenvalue weighted by molar-refractivity contribution is 7.99. The van der Waals surface area contributed by atoms with Gasteiger partial charge in [0.1, 0.15) is 6.54 Å². The number of imidazole rings is 1. The Morgan fingerprint density at radius 1 is 1.16 bits per heavy atom. The number of hydrogen-bond acceptors (Lipinski definition) is 5. The van der Waals surface area contributed by atoms with Crippen LogP contribution in [0, 0.1) is 0 Å². The predicted molar refractivity (Wildman–Crippen MR) is 117 cm³/mol. The van der Waals surface area contributed by atoms with Crippen LogP contribution in [0.3, 0.4) is 0 Å². The quantitative estimate of drug-likeness (QED) is 0.541. The van der Waals surface area contributed by atoms with E-state index in [1.165, 1.54) is 4.57 Å². The molecule has 0 aliphatic carbocycles. The molecule has 1 aliphatic rings. The van der Waals surface area contributed by atoms with E-state index in [0.29, 0.717) is 28.5 Å². The number of halogens is 2. The van der Waals surface area contributed by atoms with Crippen LogP contribution in [-0.4, -0.2) is 40.2 Å². The van der Waals surface area contributed by atoms with Crippen LogP contribution in [-0.2, 0) is 11.3 Å². The summed E-state index contributed by atoms with van der Waals surface area (Å²) < 4.78 is 27.5. The van der Waals surface area contributed by atoms with E-state index in [-0.39, 0.29) is 17.3 Å². The molecule has 0 radical (unpaired) electrons. The van der Waals surface area contributed by atoms with Gasteiger partial charge in [0, 0.05) is 18.7 Å². The van der Waals surface area contributed by atoms with Crippen LogP contribution in [0.25, 0.3) is 11.0 Å². The maximum absolute atomic E-state index is 13.0. The Bertz CT molecular complexity index is 1130. The fourth-order valence-electron chi connectivity index (χ4n) is 3.73. The second-order valence-corrected chi connectivity index (χ2v) is 8.14. The van der Waals surface area contributed by atoms with Crippen LogP contribution in [0.2, 0.25) is 0 Å². The van der Waals surface area contributed by atoms with Gasteiger partial charge in [-0.15, -0.1) is 0 Å². The number of carbonyl (C=O) groups is 2. The molecule has 1 aliphatic heterocycles. The number of nitrogens with one attached hydrogen (secondary N) is 1. The largest absolute Gasteiger partial charge is 0.370 e. The van der Waals surface area contributed by atoms with Crippen molar-refractivity contribution in [1.29, 1.82) is 0 Å². The van der Waals surface area contributed by atoms with Crippen LogP contribution in [0.15, 0.2) is 47.6 Å². The Morgan fingerprint density at radius 3 is 2.61 bits per heavy atom. The monoisotopic (exact) mass is 445 g/mol. The number of thioether (sulfide) groups is 1. The molecule has 0 unspecified atom stereocenters. The molecule has 1 fully saturated rings. The smallest absolute Gasteiger partial charge is 0.291 e. The lowest BCUT2D eigenvalue weighted by molar-refractivity contribution is -0.116. The molecule has 4 rings (SSSR count). The van der Waals surface area contributed by atoms with Crippen molar-refractivity contribution in [2.75, 3.05) is 23.3 Å². The second-order valence-electron chi connectivity index (χ2n) is 7.19. The molecule has 3 aromatic rings. The number of aromatic nitrogens is 2. The molecule has 3 N–H and O–H groups in total. The summed E-state index contributed by atoms with van der Waals surface area (Å²) in [5.41, 5.74) is 8.07. The first-order valence-corrected chi connectivity index (χ1v) is 10.7. The summed E-state index contributed by atoms with van der Waals surface area (Å²) in [5, 5.41) is 2.90. The summed E-state index contributed by atoms with van der Waals surface area (Å²) >= 11 is 0.298. The molecule has 10 heteroatoms. The van der Waals surface area contributed by atoms with Crippen molar-refractivity contribution in [3.63, 3.8) is 0 Å². The highest BCUT2D eigenvalue weighted by Crippen LogP contribution is 2.31. The lowest BCUT2D eigenvalue weighted by Gasteiger charge is -2.22. The van der Waals surface area contributed by atoms with E-state index in [1.54, 1.807) is 42.5 Å². The van der Waals surface area contributed by atoms with Gasteiger partial charge in [0.25, 0.3) is 5.76 Å². The topological polar surface area (TPSA) is 93.3 Å². The number of rotatable bonds is 7. The van der Waals surface area contributed by atoms with Crippen molar-refractivity contribution >= 4 is 46.0 Å². The Labute approximate surface area is 181 Å². The number of benzene rings is 2. The Kier molecular flexibility index (Phi) is 6.08. The van der Waals surface area contributed by atoms with Gasteiger partial charge in [-0.25, -0.2) is 4.98 Å². The minimum Gasteiger partial charge on any atom is -0.370 e. The van der Waals surface area contributed by atoms with E-state index < -0.39 is 17.6 Å². The van der Waals surface area contributed by atoms with E-state index in [0.717, 1.165) is 31.6 Å². The van der Waals surface area contributed by atoms with Gasteiger partial charge >= 0.3 is 0 Å². The number of para-hydroxylation sites is 2. The number of fused-ring (bicyclic) bond motifs is 1. The van der Waals surface area contributed by atoms with E-state index >= 15 is 0 Å². The van der Waals surface area contributed by atoms with E-state index in [4.69, 9.17) is 5.73 Å². The fraction of sp³-hybridized carbons (Fsp3) is 0.286. The van der Waals surface area contributed by atoms with E-state index in [2.05, 4.69) is 15.2 Å². The summed E-state index contributed by atoms with van der Waals surface area (Å²) in [4.78, 5) is 30.9. The first-order valence-electron chi connectivity index (χ1n) is 9.81. The summed E-state index contributed by atoms with van der Waals surface area (Å²) in [6.07, 6.45) is 2.08. The van der Waals surface area contributed by atoms with Gasteiger partial charge in [0.2, 0.25) is 11.8 Å². The maximum atomic E-state index is 13.0. The maximum Gasteiger partial charge on any atom is 0.291 e. The van der Waals surface area contributed by atoms with Gasteiger partial charge in [0.15, 0.2) is 5.16 Å². The molecule has 2 amide bonds. The van der Waals surface area contributed by atoms with Crippen molar-refractivity contribution in [3.8, 4) is 0 Å². The van der Waals surface area contributed by atoms with Crippen molar-refractivity contribution in [1.82, 2.24) is 9.55 Å². The fourth-order valence-corrected chi connectivity index (χ4v) is 4.33. The minimum absolute atomic E-state index is 0.0667. The van der Waals surface area contributed by atoms with Crippen LogP contribution < -0.4 is 16.0 Å². The molecule has 0 atom stereocenters. The third kappa shape index (κ3) is 4.63. The molecular formula is C21H21F2N5O2S. The standard InChI is InChI=1S/C21H21F2N5O2S/c22-20(23)31-21-26-14-5-1-2-6-17(14)28(21)12-18(29)25-15-11-13(19(24)30)7-8-16(15)27-9-3-4-10-27/h1-2,5-8,11,20H,3-4,9-10,12H2,(H2,24,30)(H,25,29). The molecule has 7 nitrogen and oxygen atoms in total. The summed E-state index contributed by atoms with van der Waals surface area (Å²) in [7, 11) is 0. The highest BCUT2D eigenvalue weighted by atomic mass is 32.2. The summed E-state index contributed by atoms with van der Waals surface area (Å²) in [6, 6.07) is 11.9. The van der Waals surface area contributed by atoms with E-state index in [9.17, 15) is 18.4 Å². The van der Waals surface area contributed by atoms with E-state index in [1.807, 2.05) is 0 Å². The normalized spacial score (nSPS) is 13.8. The lowest BCUT2D eigenvalue weighted by atomic mass is 10.1. The molecule has 1 aromatic heterocycles. The Hall–Kier alpha value is -3.14. The van der Waals surface area contributed by atoms with Gasteiger partial charge in [-0.2, -0.15) is 8.78 Å². The Balaban J connectivity index is 1.63. The molecule has 1 saturated heterocycles. The SMILES string of the molecule is NC(=O)c1ccc(N2CCCC2)c(NC(=O)Cn2c(SC(F)F)nc3ccccc32)c1. The summed E-state index contributed by atoms with van der Waals surface area (Å²) in [5.74, 6) is -3.67. The van der Waals surface area contributed by atoms with Gasteiger partial charge in [-0.05, 0) is 54.9 Å². The first kappa shape index (κ1) is 21.1. The highest BCUT2D eigenvalue weighted by Gasteiger charge is 2.21. The van der Waals surface area contributed by atoms with Gasteiger partial charge in [-0.3, -0.25) is 9.59 Å². The van der Waals surface area contributed by atoms with Crippen LogP contribution >= 0.6 is 11.8 Å². The molecule has 31 heavy (non-hydrogen) atoms. The third-order valence-electron chi connectivity index (χ3n) is 5.12. The van der Waals surface area contributed by atoms with Crippen molar-refractivity contribution in [2.45, 2.75) is 30.3 Å². The molecule has 0 spiro atoms. The number of hydrogen-bond donors (Lipinski definition) is 2. The van der Waals surface area contributed by atoms with Crippen LogP contribution in [0.5, 0.6) is 0 Å². The van der Waals surface area contributed by atoms with Gasteiger partial charge < -0.3 is 20.5 Å². The predicted octanol–water partition coefficient (Wildman–Crippen LogP) is 3.69. The molecule has 162 valence electrons. The summed E-state index contributed by atoms with van der Waals surface area (Å²) in [6.45, 7) is 1.50. The van der Waals surface area contributed by atoms with Crippen molar-refractivity contribution < 1.29 is 18.4 Å². The number of amides is 2. The number of nitrogens with zero attached hydrogens (tertiary/aromatic N) is 3. The average Bonchev–Trinajstić information content (AvgIpc) is 3.36. The molecule has 0 saturated carbocycles. The third-order valence-corrected chi connectivity index (χ3v) is 5.82. The Morgan fingerprint density at radius 2 is 1.90 bits per heavy atom. The van der Waals surface area contributed by atoms with Crippen LogP contribution in [0.1, 0.15) is 23.2 Å². The number of carbonyl (C=O) groups excluding carboxylic acids is 2. The second kappa shape index (κ2) is 8.93. The molecule has 0 bridgehead atoms. The lowest BCUT2D eigenvalue weighted by Crippen LogP contribution is -2.24. The number of anilines is 2. The van der Waals surface area contributed by atoms with Gasteiger partial charge in [-0.1, -0.05) is 12.1 Å². The number of alkyl halides is 2. The zero-order valence-electron chi connectivity index (χ0n) is 16.6.